The summed E-state index contributed by atoms with van der Waals surface area (Å²) < 4.78 is 62.3. The second kappa shape index (κ2) is 10.8. The highest BCUT2D eigenvalue weighted by Gasteiger charge is 2.24. The minimum absolute atomic E-state index is 0.0122. The molecule has 0 radical (unpaired) electrons. The van der Waals surface area contributed by atoms with Crippen molar-refractivity contribution in [2.24, 2.45) is 0 Å². The van der Waals surface area contributed by atoms with Gasteiger partial charge in [-0.25, -0.2) is 22.2 Å². The van der Waals surface area contributed by atoms with Crippen LogP contribution in [0, 0.1) is 11.6 Å². The number of carbonyl (C=O) groups excluding carboxylic acids is 1. The van der Waals surface area contributed by atoms with Gasteiger partial charge in [-0.1, -0.05) is 30.3 Å². The first-order chi connectivity index (χ1) is 19.8. The molecule has 2 aromatic heterocycles. The van der Waals surface area contributed by atoms with E-state index in [1.807, 2.05) is 30.3 Å². The van der Waals surface area contributed by atoms with Crippen molar-refractivity contribution in [3.05, 3.63) is 102 Å². The van der Waals surface area contributed by atoms with E-state index in [4.69, 9.17) is 4.74 Å². The van der Waals surface area contributed by atoms with Gasteiger partial charge in [-0.05, 0) is 42.7 Å². The molecule has 0 aliphatic carbocycles. The fraction of sp³-hybridized carbons (Fsp3) is 0.200. The van der Waals surface area contributed by atoms with E-state index in [1.54, 1.807) is 12.3 Å². The number of hydrogen-bond donors (Lipinski definition) is 3. The highest BCUT2D eigenvalue weighted by molar-refractivity contribution is 7.91. The van der Waals surface area contributed by atoms with Crippen molar-refractivity contribution in [2.45, 2.75) is 25.3 Å². The Morgan fingerprint density at radius 2 is 1.78 bits per heavy atom. The summed E-state index contributed by atoms with van der Waals surface area (Å²) in [5, 5.41) is 3.57. The van der Waals surface area contributed by atoms with Crippen molar-refractivity contribution in [2.75, 3.05) is 11.5 Å². The van der Waals surface area contributed by atoms with Crippen LogP contribution in [0.4, 0.5) is 8.78 Å². The van der Waals surface area contributed by atoms with Crippen molar-refractivity contribution in [1.82, 2.24) is 20.3 Å². The van der Waals surface area contributed by atoms with Crippen LogP contribution in [0.2, 0.25) is 0 Å². The lowest BCUT2D eigenvalue weighted by Gasteiger charge is -2.18. The van der Waals surface area contributed by atoms with E-state index in [0.29, 0.717) is 22.2 Å². The number of nitrogens with one attached hydrogen (secondary N) is 3. The summed E-state index contributed by atoms with van der Waals surface area (Å²) in [7, 11) is -3.59. The number of H-pyrrole nitrogens is 2. The molecule has 1 aliphatic rings. The molecule has 6 rings (SSSR count). The van der Waals surface area contributed by atoms with Gasteiger partial charge in [0.2, 0.25) is 5.91 Å². The Labute approximate surface area is 234 Å². The largest absolute Gasteiger partial charge is 0.454 e. The smallest absolute Gasteiger partial charge is 0.220 e. The molecule has 8 nitrogen and oxygen atoms in total. The summed E-state index contributed by atoms with van der Waals surface area (Å²) in [6.45, 7) is 0. The number of halogens is 2. The van der Waals surface area contributed by atoms with E-state index in [-0.39, 0.29) is 59.6 Å². The molecule has 3 aromatic carbocycles. The molecule has 5 aromatic rings. The molecule has 0 fully saturated rings. The first kappa shape index (κ1) is 26.7. The number of aryl methyl sites for hydroxylation is 1. The number of amides is 1. The van der Waals surface area contributed by atoms with Gasteiger partial charge in [0.05, 0.1) is 35.0 Å². The maximum Gasteiger partial charge on any atom is 0.220 e. The van der Waals surface area contributed by atoms with Gasteiger partial charge in [-0.3, -0.25) is 4.79 Å². The van der Waals surface area contributed by atoms with Crippen molar-refractivity contribution in [3.8, 4) is 22.9 Å². The summed E-state index contributed by atoms with van der Waals surface area (Å²) in [5.41, 5.74) is 2.22. The maximum absolute atomic E-state index is 15.3. The van der Waals surface area contributed by atoms with Gasteiger partial charge < -0.3 is 20.0 Å². The number of hydrogen-bond acceptors (Lipinski definition) is 5. The highest BCUT2D eigenvalue weighted by atomic mass is 32.2. The lowest BCUT2D eigenvalue weighted by Crippen LogP contribution is -2.30. The van der Waals surface area contributed by atoms with Crippen molar-refractivity contribution in [1.29, 1.82) is 0 Å². The van der Waals surface area contributed by atoms with E-state index in [0.717, 1.165) is 5.56 Å². The zero-order valence-electron chi connectivity index (χ0n) is 21.8. The minimum atomic E-state index is -3.59. The lowest BCUT2D eigenvalue weighted by atomic mass is 10.0. The Balaban J connectivity index is 1.46. The number of aromatic amines is 2. The van der Waals surface area contributed by atoms with Gasteiger partial charge in [-0.2, -0.15) is 0 Å². The van der Waals surface area contributed by atoms with Crippen LogP contribution in [0.5, 0.6) is 11.5 Å². The van der Waals surface area contributed by atoms with Crippen LogP contribution >= 0.6 is 0 Å². The van der Waals surface area contributed by atoms with Crippen LogP contribution in [0.15, 0.2) is 73.1 Å². The van der Waals surface area contributed by atoms with Gasteiger partial charge in [0.15, 0.2) is 21.4 Å². The van der Waals surface area contributed by atoms with E-state index in [1.165, 1.54) is 30.5 Å². The van der Waals surface area contributed by atoms with Crippen LogP contribution < -0.4 is 10.1 Å². The third-order valence-corrected chi connectivity index (χ3v) is 8.88. The molecule has 3 N–H and O–H groups in total. The summed E-state index contributed by atoms with van der Waals surface area (Å²) in [4.78, 5) is 23.4. The number of imidazole rings is 1. The van der Waals surface area contributed by atoms with E-state index in [2.05, 4.69) is 20.3 Å². The Kier molecular flexibility index (Phi) is 7.04. The fourth-order valence-corrected chi connectivity index (χ4v) is 6.40. The van der Waals surface area contributed by atoms with Crippen LogP contribution in [0.1, 0.15) is 35.7 Å². The number of benzene rings is 3. The monoisotopic (exact) mass is 576 g/mol. The molecule has 11 heteroatoms. The predicted molar refractivity (Wildman–Crippen MR) is 150 cm³/mol. The first-order valence-corrected chi connectivity index (χ1v) is 15.0. The molecular formula is C30H26F2N4O4S. The SMILES string of the molecule is O=C1CCCS(=O)(=O)CCc2c(c(F)cc3[nH]ccc23)Oc2ccc(F)c(c2)-c2ncc([nH]2)C(c2ccccc2)N1. The standard InChI is InChI=1S/C30H26F2N4O4S/c31-23-9-8-19-15-22(23)30-34-17-26(35-30)28(18-5-2-1-3-6-18)36-27(37)7-4-13-41(38,39)14-11-21-20-10-12-33-25(20)16-24(32)29(21)40-19/h1-3,5-6,8-10,12,15-17,28,33H,4,7,11,13-14H2,(H,34,35)(H,36,37). The molecule has 3 heterocycles. The van der Waals surface area contributed by atoms with Gasteiger partial charge in [0.25, 0.3) is 0 Å². The summed E-state index contributed by atoms with van der Waals surface area (Å²) in [5.74, 6) is -1.85. The topological polar surface area (TPSA) is 117 Å². The zero-order chi connectivity index (χ0) is 28.6. The molecule has 1 atom stereocenters. The van der Waals surface area contributed by atoms with Crippen LogP contribution in [0.3, 0.4) is 0 Å². The van der Waals surface area contributed by atoms with Crippen molar-refractivity contribution in [3.63, 3.8) is 0 Å². The van der Waals surface area contributed by atoms with Crippen LogP contribution in [-0.4, -0.2) is 40.8 Å². The molecule has 210 valence electrons. The molecule has 1 unspecified atom stereocenters. The van der Waals surface area contributed by atoms with E-state index in [9.17, 15) is 13.2 Å². The molecule has 1 amide bonds. The van der Waals surface area contributed by atoms with E-state index < -0.39 is 27.5 Å². The average molecular weight is 577 g/mol. The van der Waals surface area contributed by atoms with Crippen LogP contribution in [0.25, 0.3) is 22.3 Å². The number of aromatic nitrogens is 3. The normalized spacial score (nSPS) is 17.6. The lowest BCUT2D eigenvalue weighted by molar-refractivity contribution is -0.121. The summed E-state index contributed by atoms with van der Waals surface area (Å²) in [6, 6.07) is 15.5. The number of sulfone groups is 1. The molecular weight excluding hydrogens is 550 g/mol. The Morgan fingerprint density at radius 3 is 2.61 bits per heavy atom. The second-order valence-corrected chi connectivity index (χ2v) is 12.3. The molecule has 4 bridgehead atoms. The third kappa shape index (κ3) is 5.58. The molecule has 0 saturated carbocycles. The molecule has 0 saturated heterocycles. The quantitative estimate of drug-likeness (QED) is 0.241. The summed E-state index contributed by atoms with van der Waals surface area (Å²) >= 11 is 0. The van der Waals surface area contributed by atoms with Crippen molar-refractivity contribution >= 4 is 26.6 Å². The average Bonchev–Trinajstić information content (AvgIpc) is 3.62. The Bertz CT molecular complexity index is 1850. The highest BCUT2D eigenvalue weighted by Crippen LogP contribution is 2.37. The molecule has 0 spiro atoms. The number of nitrogens with zero attached hydrogens (tertiary/aromatic N) is 1. The van der Waals surface area contributed by atoms with Gasteiger partial charge in [0.1, 0.15) is 17.4 Å². The van der Waals surface area contributed by atoms with Gasteiger partial charge >= 0.3 is 0 Å². The Hall–Kier alpha value is -4.51. The number of carbonyl (C=O) groups is 1. The van der Waals surface area contributed by atoms with E-state index >= 15 is 8.78 Å². The number of fused-ring (bicyclic) bond motifs is 8. The third-order valence-electron chi connectivity index (χ3n) is 7.15. The molecule has 1 aliphatic heterocycles. The maximum atomic E-state index is 15.3. The zero-order valence-corrected chi connectivity index (χ0v) is 22.6. The van der Waals surface area contributed by atoms with Crippen LogP contribution in [-0.2, 0) is 21.1 Å². The first-order valence-electron chi connectivity index (χ1n) is 13.1. The van der Waals surface area contributed by atoms with Gasteiger partial charge in [0, 0.05) is 35.2 Å². The van der Waals surface area contributed by atoms with Gasteiger partial charge in [-0.15, -0.1) is 0 Å². The second-order valence-electron chi connectivity index (χ2n) is 9.95. The fourth-order valence-electron chi connectivity index (χ4n) is 5.10. The minimum Gasteiger partial charge on any atom is -0.454 e. The number of ether oxygens (including phenoxy) is 1. The Morgan fingerprint density at radius 1 is 0.951 bits per heavy atom. The summed E-state index contributed by atoms with van der Waals surface area (Å²) in [6.07, 6.45) is 3.23. The number of rotatable bonds is 1. The molecule has 41 heavy (non-hydrogen) atoms. The predicted octanol–water partition coefficient (Wildman–Crippen LogP) is 5.59. The van der Waals surface area contributed by atoms with Crippen molar-refractivity contribution < 1.29 is 26.7 Å².